The quantitative estimate of drug-likeness (QED) is 0.308. The van der Waals surface area contributed by atoms with E-state index in [1.807, 2.05) is 44.2 Å². The van der Waals surface area contributed by atoms with Crippen LogP contribution < -0.4 is 4.74 Å². The lowest BCUT2D eigenvalue weighted by molar-refractivity contribution is -0.140. The van der Waals surface area contributed by atoms with Gasteiger partial charge in [0.1, 0.15) is 5.76 Å². The number of hydrogen-bond acceptors (Lipinski definition) is 6. The zero-order chi connectivity index (χ0) is 24.4. The second kappa shape index (κ2) is 9.57. The molecule has 34 heavy (non-hydrogen) atoms. The predicted octanol–water partition coefficient (Wildman–Crippen LogP) is 4.40. The first-order valence-corrected chi connectivity index (χ1v) is 11.1. The van der Waals surface area contributed by atoms with Crippen molar-refractivity contribution in [2.75, 3.05) is 20.3 Å². The molecule has 2 N–H and O–H groups in total. The Labute approximate surface area is 197 Å². The summed E-state index contributed by atoms with van der Waals surface area (Å²) < 4.78 is 10.8. The van der Waals surface area contributed by atoms with Crippen LogP contribution in [-0.2, 0) is 14.3 Å². The summed E-state index contributed by atoms with van der Waals surface area (Å²) in [5, 5.41) is 23.4. The molecule has 0 aromatic heterocycles. The van der Waals surface area contributed by atoms with Crippen LogP contribution in [0.15, 0.2) is 66.2 Å². The molecule has 1 fully saturated rings. The Bertz CT molecular complexity index is 1270. The summed E-state index contributed by atoms with van der Waals surface area (Å²) in [6.45, 7) is 4.13. The number of rotatable bonds is 7. The monoisotopic (exact) mass is 461 g/mol. The minimum atomic E-state index is -0.897. The molecule has 1 saturated heterocycles. The SMILES string of the molecule is COc1ccc(C2/C(=C(/O)c3cccc4ccccc34)C(=O)C(=O)N2CCOC(C)C)cc1O. The van der Waals surface area contributed by atoms with Crippen LogP contribution in [0, 0.1) is 0 Å². The number of phenols is 1. The lowest BCUT2D eigenvalue weighted by Crippen LogP contribution is -2.33. The Morgan fingerprint density at radius 3 is 2.50 bits per heavy atom. The summed E-state index contributed by atoms with van der Waals surface area (Å²) in [7, 11) is 1.44. The number of methoxy groups -OCH3 is 1. The number of carbonyl (C=O) groups excluding carboxylic acids is 2. The Balaban J connectivity index is 1.88. The molecule has 1 unspecified atom stereocenters. The molecule has 1 heterocycles. The van der Waals surface area contributed by atoms with E-state index in [-0.39, 0.29) is 42.1 Å². The lowest BCUT2D eigenvalue weighted by atomic mass is 9.93. The van der Waals surface area contributed by atoms with Gasteiger partial charge in [0.05, 0.1) is 31.4 Å². The molecular weight excluding hydrogens is 434 g/mol. The molecule has 3 aromatic carbocycles. The number of likely N-dealkylation sites (tertiary alicyclic amines) is 1. The fraction of sp³-hybridized carbons (Fsp3) is 0.259. The van der Waals surface area contributed by atoms with Gasteiger partial charge in [-0.05, 0) is 42.3 Å². The van der Waals surface area contributed by atoms with Crippen molar-refractivity contribution in [1.82, 2.24) is 4.90 Å². The number of ketones is 1. The minimum absolute atomic E-state index is 0.0320. The van der Waals surface area contributed by atoms with Gasteiger partial charge in [0.15, 0.2) is 11.5 Å². The number of benzene rings is 3. The van der Waals surface area contributed by atoms with Gasteiger partial charge < -0.3 is 24.6 Å². The highest BCUT2D eigenvalue weighted by molar-refractivity contribution is 6.46. The topological polar surface area (TPSA) is 96.3 Å². The van der Waals surface area contributed by atoms with Crippen molar-refractivity contribution in [3.8, 4) is 11.5 Å². The number of phenolic OH excluding ortho intramolecular Hbond substituents is 1. The van der Waals surface area contributed by atoms with Crippen LogP contribution in [0.2, 0.25) is 0 Å². The van der Waals surface area contributed by atoms with Crippen LogP contribution >= 0.6 is 0 Å². The molecule has 0 saturated carbocycles. The van der Waals surface area contributed by atoms with Gasteiger partial charge in [-0.1, -0.05) is 48.5 Å². The molecule has 176 valence electrons. The van der Waals surface area contributed by atoms with Gasteiger partial charge in [0, 0.05) is 12.1 Å². The number of aliphatic hydroxyl groups is 1. The number of aliphatic hydroxyl groups excluding tert-OH is 1. The molecule has 1 aliphatic rings. The van der Waals surface area contributed by atoms with Crippen molar-refractivity contribution in [1.29, 1.82) is 0 Å². The van der Waals surface area contributed by atoms with Crippen LogP contribution in [-0.4, -0.2) is 53.2 Å². The van der Waals surface area contributed by atoms with Crippen molar-refractivity contribution in [3.63, 3.8) is 0 Å². The molecule has 0 aliphatic carbocycles. The van der Waals surface area contributed by atoms with Gasteiger partial charge in [-0.2, -0.15) is 0 Å². The number of nitrogens with zero attached hydrogens (tertiary/aromatic N) is 1. The number of fused-ring (bicyclic) bond motifs is 1. The molecule has 3 aromatic rings. The highest BCUT2D eigenvalue weighted by Crippen LogP contribution is 2.42. The van der Waals surface area contributed by atoms with Crippen molar-refractivity contribution in [2.45, 2.75) is 26.0 Å². The number of ether oxygens (including phenoxy) is 2. The van der Waals surface area contributed by atoms with E-state index in [0.29, 0.717) is 11.1 Å². The molecule has 0 spiro atoms. The average molecular weight is 462 g/mol. The molecule has 1 aliphatic heterocycles. The first-order chi connectivity index (χ1) is 16.3. The summed E-state index contributed by atoms with van der Waals surface area (Å²) in [5.74, 6) is -1.64. The van der Waals surface area contributed by atoms with Crippen LogP contribution in [0.1, 0.15) is 31.0 Å². The number of aromatic hydroxyl groups is 1. The highest BCUT2D eigenvalue weighted by atomic mass is 16.5. The summed E-state index contributed by atoms with van der Waals surface area (Å²) >= 11 is 0. The maximum atomic E-state index is 13.2. The lowest BCUT2D eigenvalue weighted by Gasteiger charge is -2.26. The number of amides is 1. The third-order valence-electron chi connectivity index (χ3n) is 5.89. The zero-order valence-corrected chi connectivity index (χ0v) is 19.3. The van der Waals surface area contributed by atoms with Crippen LogP contribution in [0.25, 0.3) is 16.5 Å². The van der Waals surface area contributed by atoms with E-state index in [1.54, 1.807) is 24.3 Å². The summed E-state index contributed by atoms with van der Waals surface area (Å²) in [6, 6.07) is 16.7. The predicted molar refractivity (Wildman–Crippen MR) is 129 cm³/mol. The number of hydrogen-bond donors (Lipinski definition) is 2. The van der Waals surface area contributed by atoms with Crippen molar-refractivity contribution >= 4 is 28.2 Å². The Morgan fingerprint density at radius 2 is 1.79 bits per heavy atom. The summed E-state index contributed by atoms with van der Waals surface area (Å²) in [4.78, 5) is 27.7. The summed E-state index contributed by atoms with van der Waals surface area (Å²) in [5.41, 5.74) is 0.900. The van der Waals surface area contributed by atoms with E-state index in [1.165, 1.54) is 18.1 Å². The Morgan fingerprint density at radius 1 is 1.06 bits per heavy atom. The maximum Gasteiger partial charge on any atom is 0.295 e. The van der Waals surface area contributed by atoms with E-state index < -0.39 is 17.7 Å². The van der Waals surface area contributed by atoms with Crippen LogP contribution in [0.5, 0.6) is 11.5 Å². The highest BCUT2D eigenvalue weighted by Gasteiger charge is 2.46. The van der Waals surface area contributed by atoms with E-state index in [9.17, 15) is 19.8 Å². The van der Waals surface area contributed by atoms with Crippen molar-refractivity contribution in [2.24, 2.45) is 0 Å². The summed E-state index contributed by atoms with van der Waals surface area (Å²) in [6.07, 6.45) is -0.0454. The number of carbonyl (C=O) groups is 2. The maximum absolute atomic E-state index is 13.2. The van der Waals surface area contributed by atoms with E-state index >= 15 is 0 Å². The van der Waals surface area contributed by atoms with E-state index in [0.717, 1.165) is 10.8 Å². The first-order valence-electron chi connectivity index (χ1n) is 11.1. The van der Waals surface area contributed by atoms with Crippen LogP contribution in [0.4, 0.5) is 0 Å². The smallest absolute Gasteiger partial charge is 0.295 e. The Kier molecular flexibility index (Phi) is 6.56. The van der Waals surface area contributed by atoms with Gasteiger partial charge >= 0.3 is 0 Å². The Hall–Kier alpha value is -3.84. The van der Waals surface area contributed by atoms with Gasteiger partial charge in [-0.15, -0.1) is 0 Å². The normalized spacial score (nSPS) is 17.6. The fourth-order valence-corrected chi connectivity index (χ4v) is 4.30. The molecule has 1 atom stereocenters. The first kappa shape index (κ1) is 23.3. The van der Waals surface area contributed by atoms with Gasteiger partial charge in [-0.3, -0.25) is 9.59 Å². The zero-order valence-electron chi connectivity index (χ0n) is 19.3. The second-order valence-electron chi connectivity index (χ2n) is 8.37. The third-order valence-corrected chi connectivity index (χ3v) is 5.89. The molecule has 0 radical (unpaired) electrons. The van der Waals surface area contributed by atoms with Crippen molar-refractivity contribution < 1.29 is 29.3 Å². The molecular formula is C27H27NO6. The fourth-order valence-electron chi connectivity index (χ4n) is 4.30. The van der Waals surface area contributed by atoms with E-state index in [4.69, 9.17) is 9.47 Å². The molecule has 0 bridgehead atoms. The van der Waals surface area contributed by atoms with Gasteiger partial charge in [0.25, 0.3) is 11.7 Å². The standard InChI is InChI=1S/C27H27NO6/c1-16(2)34-14-13-28-24(18-11-12-22(33-3)21(29)15-18)23(26(31)27(28)32)25(30)20-10-6-8-17-7-4-5-9-19(17)20/h4-12,15-16,24,29-30H,13-14H2,1-3H3/b25-23-. The molecule has 7 nitrogen and oxygen atoms in total. The van der Waals surface area contributed by atoms with Crippen LogP contribution in [0.3, 0.4) is 0 Å². The average Bonchev–Trinajstić information content (AvgIpc) is 3.08. The second-order valence-corrected chi connectivity index (χ2v) is 8.37. The minimum Gasteiger partial charge on any atom is -0.507 e. The largest absolute Gasteiger partial charge is 0.507 e. The van der Waals surface area contributed by atoms with Gasteiger partial charge in [0.2, 0.25) is 0 Å². The molecule has 1 amide bonds. The number of Topliss-reactive ketones (excluding diaryl/α,β-unsaturated/α-hetero) is 1. The van der Waals surface area contributed by atoms with Gasteiger partial charge in [-0.25, -0.2) is 0 Å². The third kappa shape index (κ3) is 4.22. The molecule has 7 heteroatoms. The van der Waals surface area contributed by atoms with E-state index in [2.05, 4.69) is 0 Å². The van der Waals surface area contributed by atoms with Crippen molar-refractivity contribution in [3.05, 3.63) is 77.4 Å². The molecule has 4 rings (SSSR count).